The first-order chi connectivity index (χ1) is 4.58. The molecule has 0 aliphatic rings. The molecule has 1 aromatic rings. The lowest BCUT2D eigenvalue weighted by Gasteiger charge is -1.95. The Bertz CT molecular complexity index is 288. The second-order valence-corrected chi connectivity index (χ2v) is 2.88. The van der Waals surface area contributed by atoms with Crippen LogP contribution in [-0.2, 0) is 10.2 Å². The Labute approximate surface area is 57.6 Å². The van der Waals surface area contributed by atoms with Gasteiger partial charge in [-0.2, -0.15) is 8.42 Å². The summed E-state index contributed by atoms with van der Waals surface area (Å²) in [4.78, 5) is 6.09. The molecule has 0 saturated carbocycles. The normalized spacial score (nSPS) is 11.3. The van der Waals surface area contributed by atoms with E-state index in [1.165, 1.54) is 12.4 Å². The van der Waals surface area contributed by atoms with Gasteiger partial charge in [0.2, 0.25) is 5.95 Å². The van der Waals surface area contributed by atoms with Crippen molar-refractivity contribution in [2.75, 3.05) is 4.72 Å². The Kier molecular flexibility index (Phi) is 1.60. The van der Waals surface area contributed by atoms with Gasteiger partial charge in [-0.15, -0.1) is 0 Å². The number of rotatable bonds is 2. The van der Waals surface area contributed by atoms with E-state index in [2.05, 4.69) is 15.1 Å². The van der Waals surface area contributed by atoms with E-state index in [9.17, 15) is 8.42 Å². The van der Waals surface area contributed by atoms with Crippen LogP contribution in [0.1, 0.15) is 0 Å². The summed E-state index contributed by atoms with van der Waals surface area (Å²) in [5.41, 5.74) is 0. The van der Waals surface area contributed by atoms with Gasteiger partial charge in [0.1, 0.15) is 0 Å². The first-order valence-corrected chi connectivity index (χ1v) is 3.92. The maximum Gasteiger partial charge on any atom is 0.298 e. The summed E-state index contributed by atoms with van der Waals surface area (Å²) in [5, 5.41) is 4.63. The molecular formula is C3H6N4O2S. The first kappa shape index (κ1) is 7.03. The summed E-state index contributed by atoms with van der Waals surface area (Å²) in [6, 6.07) is 0. The minimum atomic E-state index is -3.69. The van der Waals surface area contributed by atoms with E-state index >= 15 is 0 Å². The van der Waals surface area contributed by atoms with E-state index in [0.717, 1.165) is 0 Å². The standard InChI is InChI=1S/C3H6N4O2S/c4-10(8,9)7-3-5-1-2-6-3/h1-2H,(H2,4,8,9)(H2,5,6,7). The topological polar surface area (TPSA) is 101 Å². The predicted octanol–water partition coefficient (Wildman–Crippen LogP) is -0.975. The highest BCUT2D eigenvalue weighted by atomic mass is 32.2. The van der Waals surface area contributed by atoms with Crippen LogP contribution in [0.3, 0.4) is 0 Å². The average molecular weight is 162 g/mol. The van der Waals surface area contributed by atoms with Crippen molar-refractivity contribution in [3.63, 3.8) is 0 Å². The Morgan fingerprint density at radius 3 is 2.80 bits per heavy atom. The zero-order valence-corrected chi connectivity index (χ0v) is 5.72. The molecule has 4 N–H and O–H groups in total. The molecule has 0 unspecified atom stereocenters. The van der Waals surface area contributed by atoms with Crippen molar-refractivity contribution >= 4 is 16.2 Å². The molecular weight excluding hydrogens is 156 g/mol. The number of nitrogens with two attached hydrogens (primary N) is 1. The number of hydrogen-bond donors (Lipinski definition) is 3. The summed E-state index contributed by atoms with van der Waals surface area (Å²) in [6.07, 6.45) is 2.89. The van der Waals surface area contributed by atoms with Gasteiger partial charge >= 0.3 is 0 Å². The molecule has 0 spiro atoms. The van der Waals surface area contributed by atoms with E-state index in [0.29, 0.717) is 0 Å². The molecule has 6 nitrogen and oxygen atoms in total. The molecule has 0 aliphatic carbocycles. The van der Waals surface area contributed by atoms with Crippen LogP contribution in [0, 0.1) is 0 Å². The van der Waals surface area contributed by atoms with Gasteiger partial charge in [0.25, 0.3) is 10.2 Å². The SMILES string of the molecule is NS(=O)(=O)Nc1ncc[nH]1. The molecule has 0 saturated heterocycles. The molecule has 0 amide bonds. The van der Waals surface area contributed by atoms with Crippen molar-refractivity contribution in [2.24, 2.45) is 5.14 Å². The molecule has 0 fully saturated rings. The van der Waals surface area contributed by atoms with E-state index in [-0.39, 0.29) is 5.95 Å². The van der Waals surface area contributed by atoms with E-state index in [4.69, 9.17) is 0 Å². The second kappa shape index (κ2) is 2.27. The van der Waals surface area contributed by atoms with Crippen molar-refractivity contribution in [3.8, 4) is 0 Å². The average Bonchev–Trinajstić information content (AvgIpc) is 2.12. The van der Waals surface area contributed by atoms with Crippen LogP contribution in [0.2, 0.25) is 0 Å². The lowest BCUT2D eigenvalue weighted by atomic mass is 11.0. The first-order valence-electron chi connectivity index (χ1n) is 2.38. The summed E-state index contributed by atoms with van der Waals surface area (Å²) < 4.78 is 22.6. The van der Waals surface area contributed by atoms with Gasteiger partial charge in [-0.25, -0.2) is 14.8 Å². The molecule has 1 rings (SSSR count). The van der Waals surface area contributed by atoms with Gasteiger partial charge < -0.3 is 4.98 Å². The third-order valence-corrected chi connectivity index (χ3v) is 1.22. The van der Waals surface area contributed by atoms with Crippen LogP contribution >= 0.6 is 0 Å². The van der Waals surface area contributed by atoms with Crippen LogP contribution in [0.5, 0.6) is 0 Å². The number of nitrogens with one attached hydrogen (secondary N) is 2. The second-order valence-electron chi connectivity index (χ2n) is 1.58. The Balaban J connectivity index is 2.75. The molecule has 0 atom stereocenters. The smallest absolute Gasteiger partial charge is 0.298 e. The summed E-state index contributed by atoms with van der Waals surface area (Å²) in [5.74, 6) is 0.113. The zero-order chi connectivity index (χ0) is 7.61. The van der Waals surface area contributed by atoms with Gasteiger partial charge in [-0.3, -0.25) is 0 Å². The number of aromatic amines is 1. The molecule has 0 bridgehead atoms. The fourth-order valence-electron chi connectivity index (χ4n) is 0.456. The summed E-state index contributed by atoms with van der Waals surface area (Å²) in [6.45, 7) is 0. The molecule has 7 heteroatoms. The largest absolute Gasteiger partial charge is 0.330 e. The highest BCUT2D eigenvalue weighted by Crippen LogP contribution is 1.94. The maximum atomic E-state index is 10.3. The monoisotopic (exact) mass is 162 g/mol. The Morgan fingerprint density at radius 2 is 2.40 bits per heavy atom. The molecule has 1 heterocycles. The molecule has 1 aromatic heterocycles. The number of aromatic nitrogens is 2. The minimum Gasteiger partial charge on any atom is -0.330 e. The maximum absolute atomic E-state index is 10.3. The molecule has 0 radical (unpaired) electrons. The molecule has 0 aromatic carbocycles. The van der Waals surface area contributed by atoms with Gasteiger partial charge in [-0.05, 0) is 0 Å². The van der Waals surface area contributed by atoms with Crippen LogP contribution in [0.15, 0.2) is 12.4 Å². The van der Waals surface area contributed by atoms with Crippen molar-refractivity contribution in [1.82, 2.24) is 9.97 Å². The van der Waals surface area contributed by atoms with Crippen LogP contribution < -0.4 is 9.86 Å². The van der Waals surface area contributed by atoms with Gasteiger partial charge in [-0.1, -0.05) is 0 Å². The highest BCUT2D eigenvalue weighted by molar-refractivity contribution is 7.90. The lowest BCUT2D eigenvalue weighted by Crippen LogP contribution is -2.22. The number of H-pyrrole nitrogens is 1. The number of nitrogens with zero attached hydrogens (tertiary/aromatic N) is 1. The molecule has 56 valence electrons. The van der Waals surface area contributed by atoms with Crippen molar-refractivity contribution in [1.29, 1.82) is 0 Å². The number of hydrogen-bond acceptors (Lipinski definition) is 3. The van der Waals surface area contributed by atoms with Gasteiger partial charge in [0.05, 0.1) is 0 Å². The van der Waals surface area contributed by atoms with Gasteiger partial charge in [0.15, 0.2) is 0 Å². The third kappa shape index (κ3) is 2.03. The minimum absolute atomic E-state index is 0.113. The predicted molar refractivity (Wildman–Crippen MR) is 35.3 cm³/mol. The highest BCUT2D eigenvalue weighted by Gasteiger charge is 2.01. The van der Waals surface area contributed by atoms with Crippen LogP contribution in [0.25, 0.3) is 0 Å². The van der Waals surface area contributed by atoms with Crippen molar-refractivity contribution in [2.45, 2.75) is 0 Å². The fraction of sp³-hybridized carbons (Fsp3) is 0. The zero-order valence-electron chi connectivity index (χ0n) is 4.90. The number of imidazole rings is 1. The Hall–Kier alpha value is -1.08. The van der Waals surface area contributed by atoms with Gasteiger partial charge in [0, 0.05) is 12.4 Å². The van der Waals surface area contributed by atoms with E-state index in [1.54, 1.807) is 0 Å². The molecule has 0 aliphatic heterocycles. The van der Waals surface area contributed by atoms with E-state index < -0.39 is 10.2 Å². The third-order valence-electron chi connectivity index (χ3n) is 0.737. The van der Waals surface area contributed by atoms with Crippen molar-refractivity contribution < 1.29 is 8.42 Å². The number of anilines is 1. The molecule has 10 heavy (non-hydrogen) atoms. The van der Waals surface area contributed by atoms with Crippen LogP contribution in [-0.4, -0.2) is 18.4 Å². The summed E-state index contributed by atoms with van der Waals surface area (Å²) >= 11 is 0. The van der Waals surface area contributed by atoms with Crippen LogP contribution in [0.4, 0.5) is 5.95 Å². The lowest BCUT2D eigenvalue weighted by molar-refractivity contribution is 0.602. The van der Waals surface area contributed by atoms with E-state index in [1.807, 2.05) is 4.72 Å². The fourth-order valence-corrected chi connectivity index (χ4v) is 0.837. The summed E-state index contributed by atoms with van der Waals surface area (Å²) in [7, 11) is -3.69. The van der Waals surface area contributed by atoms with Crippen molar-refractivity contribution in [3.05, 3.63) is 12.4 Å². The Morgan fingerprint density at radius 1 is 1.70 bits per heavy atom. The quantitative estimate of drug-likeness (QED) is 0.521.